The van der Waals surface area contributed by atoms with Crippen LogP contribution in [-0.2, 0) is 40.6 Å². The fourth-order valence-electron chi connectivity index (χ4n) is 4.42. The maximum Gasteiger partial charge on any atom is 0.323 e. The highest BCUT2D eigenvalue weighted by Crippen LogP contribution is 2.41. The van der Waals surface area contributed by atoms with Crippen LogP contribution in [0.25, 0.3) is 0 Å². The first-order valence-electron chi connectivity index (χ1n) is 14.4. The van der Waals surface area contributed by atoms with E-state index in [9.17, 15) is 24.8 Å². The first-order valence-corrected chi connectivity index (χ1v) is 14.4. The number of esters is 2. The molecule has 2 heterocycles. The molecule has 0 radical (unpaired) electrons. The van der Waals surface area contributed by atoms with E-state index in [0.717, 1.165) is 11.9 Å². The van der Waals surface area contributed by atoms with Crippen molar-refractivity contribution in [1.82, 2.24) is 4.98 Å². The largest absolute Gasteiger partial charge is 0.463 e. The van der Waals surface area contributed by atoms with Crippen LogP contribution < -0.4 is 16.5 Å². The Labute approximate surface area is 256 Å². The normalized spacial score (nSPS) is 23.5. The van der Waals surface area contributed by atoms with Gasteiger partial charge in [0.2, 0.25) is 5.60 Å². The van der Waals surface area contributed by atoms with Crippen LogP contribution in [0, 0.1) is 29.1 Å². The second-order valence-corrected chi connectivity index (χ2v) is 11.4. The quantitative estimate of drug-likeness (QED) is 0.128. The molecule has 236 valence electrons. The summed E-state index contributed by atoms with van der Waals surface area (Å²) in [6.07, 6.45) is -3.29. The number of nitrogens with zero attached hydrogens (tertiary/aromatic N) is 2. The van der Waals surface area contributed by atoms with Gasteiger partial charge in [0.1, 0.15) is 36.6 Å². The summed E-state index contributed by atoms with van der Waals surface area (Å²) in [4.78, 5) is 48.0. The number of benzene rings is 1. The highest BCUT2D eigenvalue weighted by atomic mass is 16.6. The van der Waals surface area contributed by atoms with E-state index in [-0.39, 0.29) is 41.4 Å². The molecule has 0 unspecified atom stereocenters. The van der Waals surface area contributed by atoms with Gasteiger partial charge >= 0.3 is 17.8 Å². The van der Waals surface area contributed by atoms with Crippen LogP contribution in [0.15, 0.2) is 47.5 Å². The molecule has 13 heteroatoms. The molecule has 0 saturated carbocycles. The molecule has 1 aromatic carbocycles. The van der Waals surface area contributed by atoms with Crippen molar-refractivity contribution in [1.29, 1.82) is 5.26 Å². The number of hydrogen-bond donors (Lipinski definition) is 5. The summed E-state index contributed by atoms with van der Waals surface area (Å²) in [7, 11) is 0. The number of aromatic nitrogens is 1. The number of nitriles is 1. The lowest BCUT2D eigenvalue weighted by molar-refractivity contribution is -0.309. The highest BCUT2D eigenvalue weighted by Gasteiger charge is 2.59. The molecule has 1 aliphatic rings. The number of amides is 1. The number of aliphatic imine (C=N–C) groups is 1. The smallest absolute Gasteiger partial charge is 0.323 e. The van der Waals surface area contributed by atoms with Crippen LogP contribution in [0.5, 0.6) is 0 Å². The second kappa shape index (κ2) is 14.9. The Morgan fingerprint density at radius 3 is 2.43 bits per heavy atom. The summed E-state index contributed by atoms with van der Waals surface area (Å²) in [6.45, 7) is 8.59. The van der Waals surface area contributed by atoms with Crippen LogP contribution in [0.4, 0.5) is 0 Å². The molecular formula is C31H41N6O7+. The number of aliphatic hydroxyl groups excluding tert-OH is 1. The van der Waals surface area contributed by atoms with Gasteiger partial charge in [0, 0.05) is 0 Å². The summed E-state index contributed by atoms with van der Waals surface area (Å²) in [6, 6.07) is 12.9. The van der Waals surface area contributed by atoms with Gasteiger partial charge in [-0.15, -0.1) is 0 Å². The Kier molecular flexibility index (Phi) is 11.5. The van der Waals surface area contributed by atoms with Crippen LogP contribution >= 0.6 is 0 Å². The summed E-state index contributed by atoms with van der Waals surface area (Å²) in [5.74, 6) is -2.32. The predicted molar refractivity (Wildman–Crippen MR) is 160 cm³/mol. The summed E-state index contributed by atoms with van der Waals surface area (Å²) >= 11 is 0. The van der Waals surface area contributed by atoms with Gasteiger partial charge in [0.05, 0.1) is 18.0 Å². The minimum absolute atomic E-state index is 0.0242. The summed E-state index contributed by atoms with van der Waals surface area (Å²) < 4.78 is 17.1. The van der Waals surface area contributed by atoms with Crippen molar-refractivity contribution < 1.29 is 38.7 Å². The lowest BCUT2D eigenvalue weighted by Crippen LogP contribution is -2.76. The Balaban J connectivity index is 1.93. The number of aromatic amines is 1. The standard InChI is InChI=1S/C31H40N6O7/c1-17(2)19(5)29(40)37-28(35-16-33)21-11-12-23(36-21)31(15-32)27(39)26(43-30(41)25(34)18(3)4)22(44-31)14-42-24(38)13-20-9-7-6-8-10-20/h6-12,16-19,22,25-27,36,39H,13-14,34H2,1-5H3,(H2,33,35,37,40)/p+1/t19-,22+,25-,26+,27+,31-/m0/s1. The van der Waals surface area contributed by atoms with Crippen molar-refractivity contribution in [3.05, 3.63) is 59.4 Å². The molecule has 7 N–H and O–H groups in total. The number of amidine groups is 1. The van der Waals surface area contributed by atoms with Gasteiger partial charge in [-0.25, -0.2) is 4.99 Å². The SMILES string of the molecule is CC(C)[C@H](C)C(=O)N=C([NH+]=CN)c1ccc([C@]2(C#N)O[C@H](COC(=O)Cc3ccccc3)[C@@H](OC(=O)[C@@H](N)C(C)C)[C@H]2O)[nH]1. The third kappa shape index (κ3) is 7.76. The first kappa shape index (κ1) is 34.1. The van der Waals surface area contributed by atoms with Gasteiger partial charge in [-0.2, -0.15) is 5.26 Å². The predicted octanol–water partition coefficient (Wildman–Crippen LogP) is -0.193. The molecule has 1 saturated heterocycles. The first-order chi connectivity index (χ1) is 20.8. The average Bonchev–Trinajstić information content (AvgIpc) is 3.59. The number of hydrogen-bond acceptors (Lipinski definition) is 9. The highest BCUT2D eigenvalue weighted by molar-refractivity contribution is 5.99. The molecule has 1 amide bonds. The Morgan fingerprint density at radius 1 is 1.16 bits per heavy atom. The maximum absolute atomic E-state index is 12.8. The van der Waals surface area contributed by atoms with Gasteiger partial charge in [0.25, 0.3) is 5.84 Å². The van der Waals surface area contributed by atoms with Crippen molar-refractivity contribution in [2.24, 2.45) is 34.2 Å². The number of H-pyrrole nitrogens is 1. The number of nitrogens with one attached hydrogen (secondary N) is 2. The molecule has 1 aliphatic heterocycles. The third-order valence-electron chi connectivity index (χ3n) is 7.61. The number of carbonyl (C=O) groups is 3. The minimum Gasteiger partial charge on any atom is -0.463 e. The van der Waals surface area contributed by atoms with Crippen molar-refractivity contribution in [2.45, 2.75) is 71.0 Å². The summed E-state index contributed by atoms with van der Waals surface area (Å²) in [5.41, 5.74) is 10.5. The van der Waals surface area contributed by atoms with Crippen molar-refractivity contribution in [3.63, 3.8) is 0 Å². The summed E-state index contributed by atoms with van der Waals surface area (Å²) in [5, 5.41) is 21.8. The van der Waals surface area contributed by atoms with Crippen LogP contribution in [-0.4, -0.2) is 71.1 Å². The van der Waals surface area contributed by atoms with E-state index in [4.69, 9.17) is 25.7 Å². The van der Waals surface area contributed by atoms with Crippen LogP contribution in [0.2, 0.25) is 0 Å². The molecule has 2 aromatic rings. The second-order valence-electron chi connectivity index (χ2n) is 11.4. The van der Waals surface area contributed by atoms with Gasteiger partial charge in [0.15, 0.2) is 12.4 Å². The number of rotatable bonds is 11. The molecule has 44 heavy (non-hydrogen) atoms. The molecule has 13 nitrogen and oxygen atoms in total. The molecule has 1 fully saturated rings. The van der Waals surface area contributed by atoms with Crippen molar-refractivity contribution in [3.8, 4) is 6.07 Å². The van der Waals surface area contributed by atoms with Crippen LogP contribution in [0.1, 0.15) is 51.6 Å². The van der Waals surface area contributed by atoms with Crippen molar-refractivity contribution in [2.75, 3.05) is 6.61 Å². The molecule has 0 bridgehead atoms. The Hall–Kier alpha value is -4.38. The minimum atomic E-state index is -2.09. The molecule has 3 rings (SSSR count). The zero-order valence-electron chi connectivity index (χ0n) is 25.5. The Bertz CT molecular complexity index is 1410. The number of carbonyl (C=O) groups excluding carboxylic acids is 3. The van der Waals surface area contributed by atoms with Crippen LogP contribution in [0.3, 0.4) is 0 Å². The molecule has 0 aliphatic carbocycles. The molecule has 6 atom stereocenters. The van der Waals surface area contributed by atoms with Gasteiger partial charge in [-0.3, -0.25) is 14.4 Å². The van der Waals surface area contributed by atoms with E-state index in [1.807, 2.05) is 26.0 Å². The van der Waals surface area contributed by atoms with E-state index in [0.29, 0.717) is 0 Å². The maximum atomic E-state index is 12.8. The zero-order chi connectivity index (χ0) is 32.6. The molecular weight excluding hydrogens is 568 g/mol. The van der Waals surface area contributed by atoms with Gasteiger partial charge in [-0.05, 0) is 29.5 Å². The fourth-order valence-corrected chi connectivity index (χ4v) is 4.42. The lowest BCUT2D eigenvalue weighted by atomic mass is 9.92. The number of ether oxygens (including phenoxy) is 3. The molecule has 1 aromatic heterocycles. The third-order valence-corrected chi connectivity index (χ3v) is 7.61. The van der Waals surface area contributed by atoms with E-state index in [1.165, 1.54) is 12.1 Å². The topological polar surface area (TPSA) is 217 Å². The zero-order valence-corrected chi connectivity index (χ0v) is 25.5. The van der Waals surface area contributed by atoms with E-state index in [2.05, 4.69) is 15.0 Å². The molecule has 0 spiro atoms. The number of aliphatic hydroxyl groups is 1. The Morgan fingerprint density at radius 2 is 1.84 bits per heavy atom. The average molecular weight is 610 g/mol. The number of nitrogens with two attached hydrogens (primary N) is 2. The van der Waals surface area contributed by atoms with Crippen molar-refractivity contribution >= 4 is 30.0 Å². The van der Waals surface area contributed by atoms with E-state index >= 15 is 0 Å². The monoisotopic (exact) mass is 609 g/mol. The lowest BCUT2D eigenvalue weighted by Gasteiger charge is -2.25. The van der Waals surface area contributed by atoms with E-state index in [1.54, 1.807) is 45.0 Å². The van der Waals surface area contributed by atoms with Gasteiger partial charge < -0.3 is 35.8 Å². The fraction of sp³-hybridized carbons (Fsp3) is 0.484. The van der Waals surface area contributed by atoms with E-state index < -0.39 is 54.4 Å². The van der Waals surface area contributed by atoms with Gasteiger partial charge in [-0.1, -0.05) is 69.9 Å².